The molecule has 0 aliphatic rings. The average Bonchev–Trinajstić information content (AvgIpc) is 3.04. The molecule has 0 atom stereocenters. The summed E-state index contributed by atoms with van der Waals surface area (Å²) in [6, 6.07) is 11.8. The van der Waals surface area contributed by atoms with E-state index in [1.807, 2.05) is 36.4 Å². The first-order chi connectivity index (χ1) is 10.9. The van der Waals surface area contributed by atoms with Crippen molar-refractivity contribution in [1.29, 1.82) is 0 Å². The molecule has 0 bridgehead atoms. The molecule has 0 unspecified atom stereocenters. The Morgan fingerprint density at radius 2 is 1.86 bits per heavy atom. The second-order valence-electron chi connectivity index (χ2n) is 5.18. The zero-order valence-corrected chi connectivity index (χ0v) is 12.5. The fraction of sp³-hybridized carbons (Fsp3) is 0.294. The Morgan fingerprint density at radius 1 is 1.00 bits per heavy atom. The summed E-state index contributed by atoms with van der Waals surface area (Å²) in [5, 5.41) is 4.31. The average molecular weight is 296 g/mol. The Morgan fingerprint density at radius 3 is 2.68 bits per heavy atom. The molecule has 0 aliphatic heterocycles. The summed E-state index contributed by atoms with van der Waals surface area (Å²) in [6.45, 7) is 1.61. The van der Waals surface area contributed by atoms with Gasteiger partial charge in [0, 0.05) is 12.1 Å². The van der Waals surface area contributed by atoms with Crippen LogP contribution in [-0.4, -0.2) is 23.1 Å². The van der Waals surface area contributed by atoms with Crippen LogP contribution in [0, 0.1) is 0 Å². The van der Waals surface area contributed by atoms with Gasteiger partial charge in [-0.15, -0.1) is 0 Å². The van der Waals surface area contributed by atoms with Gasteiger partial charge < -0.3 is 15.5 Å². The van der Waals surface area contributed by atoms with E-state index in [0.717, 1.165) is 49.1 Å². The molecule has 2 aromatic heterocycles. The van der Waals surface area contributed by atoms with Crippen LogP contribution < -0.4 is 11.1 Å². The number of nitrogens with two attached hydrogens (primary N) is 1. The van der Waals surface area contributed by atoms with E-state index >= 15 is 0 Å². The van der Waals surface area contributed by atoms with Crippen LogP contribution in [0.3, 0.4) is 0 Å². The lowest BCUT2D eigenvalue weighted by Gasteiger charge is -2.08. The zero-order valence-electron chi connectivity index (χ0n) is 12.5. The van der Waals surface area contributed by atoms with Crippen molar-refractivity contribution in [2.45, 2.75) is 19.3 Å². The fourth-order valence-corrected chi connectivity index (χ4v) is 2.36. The molecule has 114 valence electrons. The number of fused-ring (bicyclic) bond motifs is 1. The first-order valence-corrected chi connectivity index (χ1v) is 7.63. The van der Waals surface area contributed by atoms with Crippen LogP contribution >= 0.6 is 0 Å². The minimum atomic E-state index is 0.610. The molecule has 0 saturated carbocycles. The quantitative estimate of drug-likeness (QED) is 0.653. The molecule has 3 N–H and O–H groups in total. The molecular formula is C17H20N4O. The van der Waals surface area contributed by atoms with Gasteiger partial charge in [-0.3, -0.25) is 0 Å². The fourth-order valence-electron chi connectivity index (χ4n) is 2.36. The van der Waals surface area contributed by atoms with Crippen molar-refractivity contribution in [3.05, 3.63) is 42.7 Å². The van der Waals surface area contributed by atoms with Gasteiger partial charge in [0.15, 0.2) is 5.82 Å². The zero-order chi connectivity index (χ0) is 15.2. The highest BCUT2D eigenvalue weighted by atomic mass is 16.3. The summed E-state index contributed by atoms with van der Waals surface area (Å²) in [5.74, 6) is 1.50. The van der Waals surface area contributed by atoms with E-state index in [1.165, 1.54) is 0 Å². The second-order valence-corrected chi connectivity index (χ2v) is 5.18. The lowest BCUT2D eigenvalue weighted by Crippen LogP contribution is -2.06. The molecule has 0 fully saturated rings. The minimum absolute atomic E-state index is 0.610. The molecule has 5 heteroatoms. The topological polar surface area (TPSA) is 77.0 Å². The van der Waals surface area contributed by atoms with Crippen LogP contribution in [0.25, 0.3) is 22.5 Å². The van der Waals surface area contributed by atoms with Gasteiger partial charge in [0.05, 0.1) is 11.6 Å². The first-order valence-electron chi connectivity index (χ1n) is 7.63. The van der Waals surface area contributed by atoms with Gasteiger partial charge in [-0.2, -0.15) is 4.98 Å². The van der Waals surface area contributed by atoms with Gasteiger partial charge >= 0.3 is 0 Å². The number of nitrogens with one attached hydrogen (secondary N) is 1. The highest BCUT2D eigenvalue weighted by Crippen LogP contribution is 2.25. The maximum atomic E-state index is 5.51. The third kappa shape index (κ3) is 3.26. The highest BCUT2D eigenvalue weighted by molar-refractivity contribution is 5.87. The standard InChI is InChI=1S/C17H20N4O/c18-10-5-2-6-11-19-16-14-9-12-22-17(14)21-15(20-16)13-7-3-1-4-8-13/h1,3-4,7-9,12H,2,5-6,10-11,18H2,(H,19,20,21). The van der Waals surface area contributed by atoms with Crippen LogP contribution in [0.1, 0.15) is 19.3 Å². The molecule has 0 spiro atoms. The van der Waals surface area contributed by atoms with Gasteiger partial charge in [0.2, 0.25) is 5.71 Å². The van der Waals surface area contributed by atoms with Crippen molar-refractivity contribution in [2.75, 3.05) is 18.4 Å². The van der Waals surface area contributed by atoms with Gasteiger partial charge in [-0.1, -0.05) is 36.8 Å². The molecule has 0 saturated heterocycles. The van der Waals surface area contributed by atoms with Crippen LogP contribution in [-0.2, 0) is 0 Å². The van der Waals surface area contributed by atoms with E-state index in [-0.39, 0.29) is 0 Å². The number of furan rings is 1. The largest absolute Gasteiger partial charge is 0.446 e. The van der Waals surface area contributed by atoms with Gasteiger partial charge in [-0.05, 0) is 25.5 Å². The third-order valence-electron chi connectivity index (χ3n) is 3.53. The number of unbranched alkanes of at least 4 members (excludes halogenated alkanes) is 2. The Bertz CT molecular complexity index is 724. The summed E-state index contributed by atoms with van der Waals surface area (Å²) in [6.07, 6.45) is 4.89. The van der Waals surface area contributed by atoms with Gasteiger partial charge in [0.1, 0.15) is 5.82 Å². The molecule has 0 amide bonds. The van der Waals surface area contributed by atoms with E-state index in [0.29, 0.717) is 11.5 Å². The normalized spacial score (nSPS) is 11.0. The smallest absolute Gasteiger partial charge is 0.231 e. The molecule has 5 nitrogen and oxygen atoms in total. The summed E-state index contributed by atoms with van der Waals surface area (Å²) >= 11 is 0. The number of benzene rings is 1. The molecule has 3 rings (SSSR count). The number of rotatable bonds is 7. The maximum Gasteiger partial charge on any atom is 0.231 e. The van der Waals surface area contributed by atoms with E-state index in [9.17, 15) is 0 Å². The van der Waals surface area contributed by atoms with Gasteiger partial charge in [0.25, 0.3) is 0 Å². The number of hydrogen-bond donors (Lipinski definition) is 2. The SMILES string of the molecule is NCCCCCNc1nc(-c2ccccc2)nc2occc12. The number of hydrogen-bond acceptors (Lipinski definition) is 5. The lowest BCUT2D eigenvalue weighted by molar-refractivity contribution is 0.603. The Kier molecular flexibility index (Phi) is 4.65. The summed E-state index contributed by atoms with van der Waals surface area (Å²) in [7, 11) is 0. The van der Waals surface area contributed by atoms with Crippen LogP contribution in [0.2, 0.25) is 0 Å². The number of nitrogens with zero attached hydrogens (tertiary/aromatic N) is 2. The molecule has 22 heavy (non-hydrogen) atoms. The lowest BCUT2D eigenvalue weighted by atomic mass is 10.2. The number of aromatic nitrogens is 2. The maximum absolute atomic E-state index is 5.51. The van der Waals surface area contributed by atoms with Gasteiger partial charge in [-0.25, -0.2) is 4.98 Å². The van der Waals surface area contributed by atoms with Crippen LogP contribution in [0.4, 0.5) is 5.82 Å². The van der Waals surface area contributed by atoms with E-state index in [1.54, 1.807) is 6.26 Å². The van der Waals surface area contributed by atoms with Crippen molar-refractivity contribution in [1.82, 2.24) is 9.97 Å². The summed E-state index contributed by atoms with van der Waals surface area (Å²) < 4.78 is 5.46. The Labute approximate surface area is 129 Å². The molecule has 1 aromatic carbocycles. The molecule has 3 aromatic rings. The monoisotopic (exact) mass is 296 g/mol. The Balaban J connectivity index is 1.83. The molecular weight excluding hydrogens is 276 g/mol. The highest BCUT2D eigenvalue weighted by Gasteiger charge is 2.11. The van der Waals surface area contributed by atoms with Crippen molar-refractivity contribution >= 4 is 16.9 Å². The number of anilines is 1. The predicted octanol–water partition coefficient (Wildman–Crippen LogP) is 3.43. The molecule has 0 aliphatic carbocycles. The Hall–Kier alpha value is -2.40. The third-order valence-corrected chi connectivity index (χ3v) is 3.53. The molecule has 2 heterocycles. The van der Waals surface area contributed by atoms with E-state index in [2.05, 4.69) is 15.3 Å². The second kappa shape index (κ2) is 7.04. The van der Waals surface area contributed by atoms with Crippen molar-refractivity contribution in [3.8, 4) is 11.4 Å². The van der Waals surface area contributed by atoms with Crippen molar-refractivity contribution in [3.63, 3.8) is 0 Å². The minimum Gasteiger partial charge on any atom is -0.446 e. The van der Waals surface area contributed by atoms with Crippen LogP contribution in [0.15, 0.2) is 47.1 Å². The van der Waals surface area contributed by atoms with Crippen molar-refractivity contribution < 1.29 is 4.42 Å². The molecule has 0 radical (unpaired) electrons. The van der Waals surface area contributed by atoms with Crippen molar-refractivity contribution in [2.24, 2.45) is 5.73 Å². The van der Waals surface area contributed by atoms with Crippen LogP contribution in [0.5, 0.6) is 0 Å². The van der Waals surface area contributed by atoms with E-state index < -0.39 is 0 Å². The predicted molar refractivity (Wildman–Crippen MR) is 88.6 cm³/mol. The van der Waals surface area contributed by atoms with E-state index in [4.69, 9.17) is 10.2 Å². The first kappa shape index (κ1) is 14.5. The summed E-state index contributed by atoms with van der Waals surface area (Å²) in [4.78, 5) is 9.14. The summed E-state index contributed by atoms with van der Waals surface area (Å²) in [5.41, 5.74) is 7.10.